The van der Waals surface area contributed by atoms with Crippen LogP contribution in [0.2, 0.25) is 0 Å². The summed E-state index contributed by atoms with van der Waals surface area (Å²) in [4.78, 5) is 51.1. The average Bonchev–Trinajstić information content (AvgIpc) is 0.757. The third-order valence-corrected chi connectivity index (χ3v) is 20.3. The average molecular weight is 1450 g/mol. The van der Waals surface area contributed by atoms with Gasteiger partial charge in [-0.05, 0) is 76.5 Å². The number of rotatable bonds is 60. The van der Waals surface area contributed by atoms with Crippen molar-refractivity contribution in [2.45, 2.75) is 402 Å². The maximum atomic E-state index is 14.4. The molecule has 2 saturated heterocycles. The highest BCUT2D eigenvalue weighted by Crippen LogP contribution is 2.49. The van der Waals surface area contributed by atoms with E-state index in [0.29, 0.717) is 25.2 Å². The zero-order chi connectivity index (χ0) is 73.3. The number of aliphatic hydroxyl groups excluding tert-OH is 10. The summed E-state index contributed by atoms with van der Waals surface area (Å²) in [6, 6.07) is 0. The second-order valence-corrected chi connectivity index (χ2v) is 29.7. The van der Waals surface area contributed by atoms with E-state index in [1.54, 1.807) is 0 Å². The van der Waals surface area contributed by atoms with Gasteiger partial charge in [0.2, 0.25) is 0 Å². The van der Waals surface area contributed by atoms with E-state index in [-0.39, 0.29) is 19.3 Å². The minimum absolute atomic E-state index is 0.0227. The van der Waals surface area contributed by atoms with E-state index in [2.05, 4.69) is 52.0 Å². The van der Waals surface area contributed by atoms with Crippen molar-refractivity contribution >= 4 is 25.7 Å². The Labute approximate surface area is 598 Å². The zero-order valence-corrected chi connectivity index (χ0v) is 62.3. The molecule has 24 nitrogen and oxygen atoms in total. The molecule has 19 unspecified atom stereocenters. The van der Waals surface area contributed by atoms with Crippen LogP contribution in [0.3, 0.4) is 0 Å². The summed E-state index contributed by atoms with van der Waals surface area (Å²) in [5.41, 5.74) is 0. The number of allylic oxidation sites excluding steroid dienone is 4. The number of aliphatic hydroxyl groups is 10. The van der Waals surface area contributed by atoms with Crippen molar-refractivity contribution in [1.82, 2.24) is 0 Å². The quantitative estimate of drug-likeness (QED) is 0.00886. The highest BCUT2D eigenvalue weighted by Gasteiger charge is 2.58. The van der Waals surface area contributed by atoms with Gasteiger partial charge in [0, 0.05) is 19.3 Å². The van der Waals surface area contributed by atoms with Crippen LogP contribution < -0.4 is 0 Å². The lowest BCUT2D eigenvalue weighted by Crippen LogP contribution is -2.69. The van der Waals surface area contributed by atoms with E-state index in [1.807, 2.05) is 0 Å². The van der Waals surface area contributed by atoms with Gasteiger partial charge in [0.25, 0.3) is 0 Å². The third kappa shape index (κ3) is 38.6. The first-order valence-electron chi connectivity index (χ1n) is 39.0. The molecule has 3 rings (SSSR count). The summed E-state index contributed by atoms with van der Waals surface area (Å²) < 4.78 is 65.1. The van der Waals surface area contributed by atoms with Gasteiger partial charge in [-0.25, -0.2) is 4.57 Å². The van der Waals surface area contributed by atoms with E-state index in [0.717, 1.165) is 116 Å². The number of esters is 3. The third-order valence-electron chi connectivity index (χ3n) is 19.3. The number of hydrogen-bond acceptors (Lipinski definition) is 23. The molecule has 1 saturated carbocycles. The molecule has 25 heteroatoms. The van der Waals surface area contributed by atoms with Crippen molar-refractivity contribution in [3.63, 3.8) is 0 Å². The van der Waals surface area contributed by atoms with Gasteiger partial charge in [-0.15, -0.1) is 0 Å². The lowest BCUT2D eigenvalue weighted by atomic mass is 9.84. The van der Waals surface area contributed by atoms with Gasteiger partial charge in [0.05, 0.1) is 13.2 Å². The van der Waals surface area contributed by atoms with Gasteiger partial charge in [-0.1, -0.05) is 232 Å². The van der Waals surface area contributed by atoms with Crippen molar-refractivity contribution in [1.29, 1.82) is 0 Å². The number of hydrogen-bond donors (Lipinski definition) is 11. The predicted octanol–water partition coefficient (Wildman–Crippen LogP) is 11.2. The summed E-state index contributed by atoms with van der Waals surface area (Å²) in [5.74, 6) is -1.33. The van der Waals surface area contributed by atoms with Crippen LogP contribution in [0.25, 0.3) is 0 Å². The number of phosphoric ester groups is 1. The van der Waals surface area contributed by atoms with E-state index in [4.69, 9.17) is 42.2 Å². The molecule has 19 atom stereocenters. The van der Waals surface area contributed by atoms with Crippen LogP contribution in [-0.4, -0.2) is 204 Å². The van der Waals surface area contributed by atoms with Crippen molar-refractivity contribution in [2.24, 2.45) is 5.92 Å². The fourth-order valence-electron chi connectivity index (χ4n) is 12.9. The smallest absolute Gasteiger partial charge is 0.463 e. The standard InChI is InChI=1S/C75H137O24P/c1-5-8-11-14-17-19-21-23-25-27-29-31-33-39-44-49-60(78)92-54-58-63(81)65(83)70(88)75(96-58)98-72-68(86)66(84)67(85)71(97-74-69(87)64(82)62(80)57(51-76)95-74)73(72)99-100(89,90)93-53-56(52-91-59(77)48-43-38-32-30-28-26-24-22-20-18-15-12-9-6-2)94-61(79)50-45-40-35-34-37-42-47-55(4)46-41-36-16-13-10-7-3/h19,21,26,28,55-58,62-76,80-88H,5-18,20,22-25,27,29-54H2,1-4H3,(H,89,90)/b21-19-,28-26-. The molecule has 0 aromatic carbocycles. The number of carbonyl (C=O) groups is 3. The largest absolute Gasteiger partial charge is 0.472 e. The van der Waals surface area contributed by atoms with Gasteiger partial charge in [-0.2, -0.15) is 0 Å². The van der Waals surface area contributed by atoms with Gasteiger partial charge in [0.1, 0.15) is 98.7 Å². The van der Waals surface area contributed by atoms with Gasteiger partial charge in [0.15, 0.2) is 18.7 Å². The van der Waals surface area contributed by atoms with Crippen LogP contribution in [0.15, 0.2) is 24.3 Å². The van der Waals surface area contributed by atoms with Crippen LogP contribution >= 0.6 is 7.82 Å². The lowest BCUT2D eigenvalue weighted by molar-refractivity contribution is -0.360. The molecule has 0 bridgehead atoms. The van der Waals surface area contributed by atoms with Crippen molar-refractivity contribution in [3.05, 3.63) is 24.3 Å². The van der Waals surface area contributed by atoms with Crippen LogP contribution in [0, 0.1) is 5.92 Å². The molecule has 0 aromatic rings. The fraction of sp³-hybridized carbons (Fsp3) is 0.907. The zero-order valence-electron chi connectivity index (χ0n) is 61.4. The van der Waals surface area contributed by atoms with E-state index >= 15 is 0 Å². The Balaban J connectivity index is 1.74. The molecule has 2 aliphatic heterocycles. The van der Waals surface area contributed by atoms with Crippen LogP contribution in [-0.2, 0) is 61.2 Å². The molecule has 11 N–H and O–H groups in total. The number of phosphoric acid groups is 1. The number of unbranched alkanes of at least 4 members (excludes halogenated alkanes) is 31. The summed E-state index contributed by atoms with van der Waals surface area (Å²) in [7, 11) is -5.70. The highest BCUT2D eigenvalue weighted by atomic mass is 31.2. The summed E-state index contributed by atoms with van der Waals surface area (Å²) in [5, 5.41) is 110. The minimum Gasteiger partial charge on any atom is -0.463 e. The highest BCUT2D eigenvalue weighted by molar-refractivity contribution is 7.47. The molecule has 3 fully saturated rings. The molecule has 586 valence electrons. The topological polar surface area (TPSA) is 374 Å². The molecule has 0 spiro atoms. The Bertz CT molecular complexity index is 2180. The number of carbonyl (C=O) groups excluding carboxylic acids is 3. The molecule has 1 aliphatic carbocycles. The lowest BCUT2D eigenvalue weighted by Gasteiger charge is -2.49. The van der Waals surface area contributed by atoms with E-state index in [9.17, 15) is 74.9 Å². The van der Waals surface area contributed by atoms with E-state index in [1.165, 1.54) is 116 Å². The van der Waals surface area contributed by atoms with Gasteiger partial charge < -0.3 is 89.1 Å². The second kappa shape index (κ2) is 55.8. The Morgan fingerprint density at radius 2 is 0.760 bits per heavy atom. The first-order chi connectivity index (χ1) is 48.2. The molecule has 0 amide bonds. The van der Waals surface area contributed by atoms with Crippen molar-refractivity contribution < 1.29 is 117 Å². The minimum atomic E-state index is -5.70. The number of ether oxygens (including phenoxy) is 7. The predicted molar refractivity (Wildman–Crippen MR) is 379 cm³/mol. The van der Waals surface area contributed by atoms with Crippen LogP contribution in [0.4, 0.5) is 0 Å². The van der Waals surface area contributed by atoms with Crippen LogP contribution in [0.5, 0.6) is 0 Å². The Hall–Kier alpha value is -2.56. The first kappa shape index (κ1) is 91.6. The molecular weight excluding hydrogens is 1320 g/mol. The molecule has 2 heterocycles. The first-order valence-corrected chi connectivity index (χ1v) is 40.5. The SMILES string of the molecule is CCCCCC/C=C\CCCCCCCCCC(=O)OCC1OC(OC2C(O)C(O)C(O)C(OC3OC(CO)C(O)C(O)C3O)C2OP(=O)(O)OCC(COC(=O)CCCCC/C=C\CCCCCCCCC)OC(=O)CCCCCCCCC(C)CCCCCCCC)C(O)C(O)C1O. The second-order valence-electron chi connectivity index (χ2n) is 28.3. The van der Waals surface area contributed by atoms with Gasteiger partial charge >= 0.3 is 25.7 Å². The molecule has 3 aliphatic rings. The maximum Gasteiger partial charge on any atom is 0.472 e. The Morgan fingerprint density at radius 1 is 0.410 bits per heavy atom. The molecular formula is C75H137O24P. The molecule has 0 radical (unpaired) electrons. The molecule has 100 heavy (non-hydrogen) atoms. The normalized spacial score (nSPS) is 27.8. The Morgan fingerprint density at radius 3 is 1.20 bits per heavy atom. The summed E-state index contributed by atoms with van der Waals surface area (Å²) in [6.45, 7) is 5.74. The van der Waals surface area contributed by atoms with Gasteiger partial charge in [-0.3, -0.25) is 23.4 Å². The molecule has 0 aromatic heterocycles. The van der Waals surface area contributed by atoms with Crippen molar-refractivity contribution in [3.8, 4) is 0 Å². The van der Waals surface area contributed by atoms with Crippen molar-refractivity contribution in [2.75, 3.05) is 26.4 Å². The maximum absolute atomic E-state index is 14.4. The summed E-state index contributed by atoms with van der Waals surface area (Å²) in [6.07, 6.45) is 15.2. The Kier molecular flexibility index (Phi) is 51.2. The summed E-state index contributed by atoms with van der Waals surface area (Å²) >= 11 is 0. The fourth-order valence-corrected chi connectivity index (χ4v) is 13.8. The van der Waals surface area contributed by atoms with E-state index < -0.39 is 156 Å². The van der Waals surface area contributed by atoms with Crippen LogP contribution in [0.1, 0.15) is 297 Å². The monoisotopic (exact) mass is 1450 g/mol.